The molecule has 3 rings (SSSR count). The van der Waals surface area contributed by atoms with Crippen LogP contribution in [0.1, 0.15) is 26.2 Å². The van der Waals surface area contributed by atoms with Crippen LogP contribution in [0.5, 0.6) is 0 Å². The minimum atomic E-state index is 0.178. The van der Waals surface area contributed by atoms with Crippen molar-refractivity contribution in [2.24, 2.45) is 11.7 Å². The van der Waals surface area contributed by atoms with Crippen molar-refractivity contribution in [3.05, 3.63) is 24.3 Å². The quantitative estimate of drug-likeness (QED) is 0.901. The maximum atomic E-state index is 6.23. The van der Waals surface area contributed by atoms with E-state index >= 15 is 0 Å². The van der Waals surface area contributed by atoms with Crippen LogP contribution < -0.4 is 15.5 Å². The van der Waals surface area contributed by atoms with Crippen molar-refractivity contribution in [1.29, 1.82) is 0 Å². The zero-order valence-corrected chi connectivity index (χ0v) is 12.1. The second-order valence-corrected chi connectivity index (χ2v) is 6.00. The van der Waals surface area contributed by atoms with Crippen molar-refractivity contribution in [1.82, 2.24) is 0 Å². The highest BCUT2D eigenvalue weighted by atomic mass is 15.3. The normalized spacial score (nSPS) is 22.1. The lowest BCUT2D eigenvalue weighted by molar-refractivity contribution is 0.331. The van der Waals surface area contributed by atoms with E-state index in [4.69, 9.17) is 5.73 Å². The van der Waals surface area contributed by atoms with Gasteiger partial charge in [0.2, 0.25) is 0 Å². The molecule has 1 aliphatic heterocycles. The Hall–Kier alpha value is -1.22. The molecule has 0 amide bonds. The fraction of sp³-hybridized carbons (Fsp3) is 0.625. The number of nitrogens with zero attached hydrogens (tertiary/aromatic N) is 2. The van der Waals surface area contributed by atoms with Gasteiger partial charge < -0.3 is 15.5 Å². The molecule has 1 fully saturated rings. The number of likely N-dealkylation sites (N-methyl/N-ethyl adjacent to an activating group) is 1. The summed E-state index contributed by atoms with van der Waals surface area (Å²) in [5, 5.41) is 0. The van der Waals surface area contributed by atoms with E-state index in [2.05, 4.69) is 48.0 Å². The molecule has 1 aromatic carbocycles. The second kappa shape index (κ2) is 4.71. The van der Waals surface area contributed by atoms with E-state index in [9.17, 15) is 0 Å². The molecule has 3 heteroatoms. The van der Waals surface area contributed by atoms with Crippen LogP contribution in [0.25, 0.3) is 0 Å². The van der Waals surface area contributed by atoms with Crippen molar-refractivity contribution in [3.63, 3.8) is 0 Å². The van der Waals surface area contributed by atoms with E-state index in [1.54, 1.807) is 0 Å². The molecule has 1 saturated carbocycles. The number of fused-ring (bicyclic) bond motifs is 1. The smallest absolute Gasteiger partial charge is 0.0609 e. The predicted octanol–water partition coefficient (Wildman–Crippen LogP) is 2.46. The van der Waals surface area contributed by atoms with Crippen LogP contribution in [0.4, 0.5) is 11.4 Å². The van der Waals surface area contributed by atoms with E-state index in [1.807, 2.05) is 0 Å². The van der Waals surface area contributed by atoms with E-state index < -0.39 is 0 Å². The molecule has 0 aromatic heterocycles. The maximum absolute atomic E-state index is 6.23. The van der Waals surface area contributed by atoms with E-state index in [1.165, 1.54) is 24.2 Å². The molecule has 1 aromatic rings. The number of benzene rings is 1. The molecule has 1 unspecified atom stereocenters. The zero-order valence-electron chi connectivity index (χ0n) is 12.1. The zero-order chi connectivity index (χ0) is 13.5. The monoisotopic (exact) mass is 259 g/mol. The summed E-state index contributed by atoms with van der Waals surface area (Å²) in [6.07, 6.45) is 3.84. The number of hydrogen-bond acceptors (Lipinski definition) is 3. The third kappa shape index (κ3) is 1.91. The molecule has 104 valence electrons. The third-order valence-electron chi connectivity index (χ3n) is 5.08. The summed E-state index contributed by atoms with van der Waals surface area (Å²) < 4.78 is 0. The summed E-state index contributed by atoms with van der Waals surface area (Å²) in [4.78, 5) is 4.97. The molecule has 0 saturated heterocycles. The minimum absolute atomic E-state index is 0.178. The Labute approximate surface area is 116 Å². The van der Waals surface area contributed by atoms with Gasteiger partial charge in [0.1, 0.15) is 0 Å². The van der Waals surface area contributed by atoms with Crippen LogP contribution in [-0.4, -0.2) is 32.2 Å². The van der Waals surface area contributed by atoms with Gasteiger partial charge in [0.05, 0.1) is 16.9 Å². The fourth-order valence-corrected chi connectivity index (χ4v) is 3.71. The molecule has 1 atom stereocenters. The molecular formula is C16H25N3. The summed E-state index contributed by atoms with van der Waals surface area (Å²) >= 11 is 0. The van der Waals surface area contributed by atoms with Gasteiger partial charge in [-0.25, -0.2) is 0 Å². The van der Waals surface area contributed by atoms with Gasteiger partial charge in [0.25, 0.3) is 0 Å². The van der Waals surface area contributed by atoms with Crippen LogP contribution in [0.15, 0.2) is 24.3 Å². The van der Waals surface area contributed by atoms with E-state index in [-0.39, 0.29) is 5.54 Å². The van der Waals surface area contributed by atoms with E-state index in [0.717, 1.165) is 32.0 Å². The molecule has 3 nitrogen and oxygen atoms in total. The van der Waals surface area contributed by atoms with Crippen LogP contribution in [0.3, 0.4) is 0 Å². The Kier molecular flexibility index (Phi) is 3.17. The fourth-order valence-electron chi connectivity index (χ4n) is 3.71. The van der Waals surface area contributed by atoms with Gasteiger partial charge in [0.15, 0.2) is 0 Å². The first-order chi connectivity index (χ1) is 9.23. The second-order valence-electron chi connectivity index (χ2n) is 6.00. The third-order valence-corrected chi connectivity index (χ3v) is 5.08. The van der Waals surface area contributed by atoms with Crippen molar-refractivity contribution in [2.75, 3.05) is 36.5 Å². The number of anilines is 2. The molecule has 0 radical (unpaired) electrons. The van der Waals surface area contributed by atoms with Crippen LogP contribution in [0, 0.1) is 5.92 Å². The van der Waals surface area contributed by atoms with Gasteiger partial charge in [-0.1, -0.05) is 19.1 Å². The van der Waals surface area contributed by atoms with Gasteiger partial charge >= 0.3 is 0 Å². The molecule has 2 aliphatic rings. The van der Waals surface area contributed by atoms with Gasteiger partial charge in [-0.2, -0.15) is 0 Å². The Morgan fingerprint density at radius 2 is 1.89 bits per heavy atom. The predicted molar refractivity (Wildman–Crippen MR) is 81.9 cm³/mol. The lowest BCUT2D eigenvalue weighted by atomic mass is 9.86. The number of para-hydroxylation sites is 2. The van der Waals surface area contributed by atoms with Gasteiger partial charge in [0, 0.05) is 26.7 Å². The number of nitrogens with two attached hydrogens (primary N) is 1. The Balaban J connectivity index is 2.03. The molecule has 0 bridgehead atoms. The average molecular weight is 259 g/mol. The molecule has 19 heavy (non-hydrogen) atoms. The lowest BCUT2D eigenvalue weighted by Gasteiger charge is -2.49. The molecule has 0 spiro atoms. The summed E-state index contributed by atoms with van der Waals surface area (Å²) in [6, 6.07) is 8.76. The van der Waals surface area contributed by atoms with Crippen LogP contribution >= 0.6 is 0 Å². The first-order valence-electron chi connectivity index (χ1n) is 7.51. The number of rotatable bonds is 4. The van der Waals surface area contributed by atoms with Gasteiger partial charge in [-0.05, 0) is 37.3 Å². The standard InChI is InChI=1S/C16H25N3/c1-3-16(12-17,13-8-9-13)19-11-10-18(2)14-6-4-5-7-15(14)19/h4-7,13H,3,8-12,17H2,1-2H3. The summed E-state index contributed by atoms with van der Waals surface area (Å²) in [7, 11) is 2.18. The lowest BCUT2D eigenvalue weighted by Crippen LogP contribution is -2.59. The molecule has 1 aliphatic carbocycles. The van der Waals surface area contributed by atoms with Crippen molar-refractivity contribution in [2.45, 2.75) is 31.7 Å². The topological polar surface area (TPSA) is 32.5 Å². The Morgan fingerprint density at radius 3 is 2.47 bits per heavy atom. The Bertz CT molecular complexity index is 449. The highest BCUT2D eigenvalue weighted by Crippen LogP contribution is 2.48. The highest BCUT2D eigenvalue weighted by Gasteiger charge is 2.48. The van der Waals surface area contributed by atoms with Gasteiger partial charge in [-0.3, -0.25) is 0 Å². The molecule has 2 N–H and O–H groups in total. The van der Waals surface area contributed by atoms with Crippen molar-refractivity contribution >= 4 is 11.4 Å². The summed E-state index contributed by atoms with van der Waals surface area (Å²) in [5.41, 5.74) is 9.12. The van der Waals surface area contributed by atoms with Crippen LogP contribution in [-0.2, 0) is 0 Å². The SMILES string of the molecule is CCC(CN)(C1CC1)N1CCN(C)c2ccccc21. The van der Waals surface area contributed by atoms with Gasteiger partial charge in [-0.15, -0.1) is 0 Å². The summed E-state index contributed by atoms with van der Waals surface area (Å²) in [5.74, 6) is 0.791. The number of hydrogen-bond donors (Lipinski definition) is 1. The van der Waals surface area contributed by atoms with Crippen molar-refractivity contribution < 1.29 is 0 Å². The van der Waals surface area contributed by atoms with E-state index in [0.29, 0.717) is 0 Å². The maximum Gasteiger partial charge on any atom is 0.0609 e. The Morgan fingerprint density at radius 1 is 1.21 bits per heavy atom. The average Bonchev–Trinajstić information content (AvgIpc) is 3.28. The largest absolute Gasteiger partial charge is 0.371 e. The van der Waals surface area contributed by atoms with Crippen molar-refractivity contribution in [3.8, 4) is 0 Å². The first-order valence-corrected chi connectivity index (χ1v) is 7.51. The molecular weight excluding hydrogens is 234 g/mol. The van der Waals surface area contributed by atoms with Crippen LogP contribution in [0.2, 0.25) is 0 Å². The first kappa shape index (κ1) is 12.8. The summed E-state index contributed by atoms with van der Waals surface area (Å²) in [6.45, 7) is 5.25. The highest BCUT2D eigenvalue weighted by molar-refractivity contribution is 5.74. The minimum Gasteiger partial charge on any atom is -0.371 e. The molecule has 1 heterocycles.